The molecule has 0 saturated heterocycles. The Morgan fingerprint density at radius 2 is 2.00 bits per heavy atom. The van der Waals surface area contributed by atoms with Crippen molar-refractivity contribution in [2.24, 2.45) is 16.6 Å². The summed E-state index contributed by atoms with van der Waals surface area (Å²) >= 11 is 0. The van der Waals surface area contributed by atoms with E-state index in [1.54, 1.807) is 0 Å². The first-order valence-corrected chi connectivity index (χ1v) is 8.62. The summed E-state index contributed by atoms with van der Waals surface area (Å²) in [6.45, 7) is 2.10. The minimum absolute atomic E-state index is 0.0172. The summed E-state index contributed by atoms with van der Waals surface area (Å²) in [5.74, 6) is -0.478. The number of hydrogen-bond acceptors (Lipinski definition) is 2. The van der Waals surface area contributed by atoms with Gasteiger partial charge in [0.15, 0.2) is 0 Å². The molecule has 1 aliphatic heterocycles. The smallest absolute Gasteiger partial charge is 0.226 e. The molecular weight excluding hydrogens is 272 g/mol. The number of carbonyl (C=O) groups excluding carboxylic acids is 1. The molecule has 2 aliphatic rings. The van der Waals surface area contributed by atoms with Gasteiger partial charge in [-0.2, -0.15) is 0 Å². The summed E-state index contributed by atoms with van der Waals surface area (Å²) in [5, 5.41) is 0. The lowest BCUT2D eigenvalue weighted by atomic mass is 9.73. The Morgan fingerprint density at radius 1 is 1.27 bits per heavy atom. The van der Waals surface area contributed by atoms with Gasteiger partial charge in [-0.1, -0.05) is 56.9 Å². The lowest BCUT2D eigenvalue weighted by Gasteiger charge is -2.39. The van der Waals surface area contributed by atoms with Crippen molar-refractivity contribution in [1.29, 1.82) is 0 Å². The van der Waals surface area contributed by atoms with Crippen molar-refractivity contribution in [2.75, 3.05) is 0 Å². The maximum Gasteiger partial charge on any atom is 0.226 e. The minimum Gasteiger partial charge on any atom is -0.369 e. The fraction of sp³-hybridized carbons (Fsp3) is 0.579. The first kappa shape index (κ1) is 15.3. The van der Waals surface area contributed by atoms with Crippen LogP contribution in [-0.4, -0.2) is 17.2 Å². The quantitative estimate of drug-likeness (QED) is 0.906. The zero-order valence-corrected chi connectivity index (χ0v) is 13.5. The second kappa shape index (κ2) is 6.23. The van der Waals surface area contributed by atoms with Crippen molar-refractivity contribution in [3.63, 3.8) is 0 Å². The molecular formula is C19H26N2O. The monoisotopic (exact) mass is 298 g/mol. The zero-order chi connectivity index (χ0) is 15.6. The Morgan fingerprint density at radius 3 is 2.68 bits per heavy atom. The number of rotatable bonds is 4. The van der Waals surface area contributed by atoms with Crippen molar-refractivity contribution in [1.82, 2.24) is 0 Å². The number of nitrogens with two attached hydrogens (primary N) is 1. The van der Waals surface area contributed by atoms with E-state index in [1.165, 1.54) is 24.8 Å². The van der Waals surface area contributed by atoms with E-state index in [9.17, 15) is 4.79 Å². The van der Waals surface area contributed by atoms with Gasteiger partial charge in [-0.25, -0.2) is 0 Å². The van der Waals surface area contributed by atoms with Crippen molar-refractivity contribution in [3.05, 3.63) is 35.4 Å². The molecule has 3 nitrogen and oxygen atoms in total. The van der Waals surface area contributed by atoms with Crippen LogP contribution in [0.5, 0.6) is 0 Å². The lowest BCUT2D eigenvalue weighted by molar-refractivity contribution is -0.120. The highest BCUT2D eigenvalue weighted by molar-refractivity contribution is 6.14. The van der Waals surface area contributed by atoms with Crippen LogP contribution in [0.4, 0.5) is 0 Å². The molecule has 1 aromatic carbocycles. The SMILES string of the molecule is CCC[C@@H](C(N)=O)C1=NC2(CCCCC2)Cc2ccccc21. The molecule has 0 radical (unpaired) electrons. The molecule has 1 atom stereocenters. The van der Waals surface area contributed by atoms with Gasteiger partial charge in [0.25, 0.3) is 0 Å². The van der Waals surface area contributed by atoms with Crippen LogP contribution in [0.25, 0.3) is 0 Å². The van der Waals surface area contributed by atoms with Crippen molar-refractivity contribution < 1.29 is 4.79 Å². The topological polar surface area (TPSA) is 55.5 Å². The third-order valence-corrected chi connectivity index (χ3v) is 5.21. The van der Waals surface area contributed by atoms with E-state index in [4.69, 9.17) is 10.7 Å². The van der Waals surface area contributed by atoms with Gasteiger partial charge in [0.2, 0.25) is 5.91 Å². The highest BCUT2D eigenvalue weighted by atomic mass is 16.1. The van der Waals surface area contributed by atoms with Crippen molar-refractivity contribution >= 4 is 11.6 Å². The van der Waals surface area contributed by atoms with Crippen LogP contribution in [0.2, 0.25) is 0 Å². The normalized spacial score (nSPS) is 21.0. The van der Waals surface area contributed by atoms with Crippen LogP contribution in [0.15, 0.2) is 29.3 Å². The zero-order valence-electron chi connectivity index (χ0n) is 13.5. The largest absolute Gasteiger partial charge is 0.369 e. The first-order chi connectivity index (χ1) is 10.7. The summed E-state index contributed by atoms with van der Waals surface area (Å²) in [6, 6.07) is 8.44. The second-order valence-corrected chi connectivity index (χ2v) is 6.86. The van der Waals surface area contributed by atoms with E-state index in [-0.39, 0.29) is 17.4 Å². The van der Waals surface area contributed by atoms with Crippen LogP contribution >= 0.6 is 0 Å². The van der Waals surface area contributed by atoms with E-state index in [0.717, 1.165) is 43.4 Å². The molecule has 3 heteroatoms. The molecule has 1 aromatic rings. The maximum absolute atomic E-state index is 12.0. The molecule has 22 heavy (non-hydrogen) atoms. The van der Waals surface area contributed by atoms with Gasteiger partial charge in [0, 0.05) is 0 Å². The number of nitrogens with zero attached hydrogens (tertiary/aromatic N) is 1. The number of benzene rings is 1. The second-order valence-electron chi connectivity index (χ2n) is 6.86. The summed E-state index contributed by atoms with van der Waals surface area (Å²) in [4.78, 5) is 17.2. The molecule has 1 spiro atoms. The molecule has 1 saturated carbocycles. The number of fused-ring (bicyclic) bond motifs is 1. The summed E-state index contributed by atoms with van der Waals surface area (Å²) in [5.41, 5.74) is 9.18. The lowest BCUT2D eigenvalue weighted by Crippen LogP contribution is -2.41. The van der Waals surface area contributed by atoms with Crippen LogP contribution < -0.4 is 5.73 Å². The number of aliphatic imine (C=N–C) groups is 1. The van der Waals surface area contributed by atoms with Crippen LogP contribution in [-0.2, 0) is 11.2 Å². The van der Waals surface area contributed by atoms with Gasteiger partial charge in [0.1, 0.15) is 0 Å². The molecule has 2 N–H and O–H groups in total. The van der Waals surface area contributed by atoms with Crippen LogP contribution in [0.1, 0.15) is 63.0 Å². The number of carbonyl (C=O) groups is 1. The average Bonchev–Trinajstić information content (AvgIpc) is 2.52. The molecule has 1 fully saturated rings. The third kappa shape index (κ3) is 2.81. The van der Waals surface area contributed by atoms with E-state index < -0.39 is 0 Å². The van der Waals surface area contributed by atoms with Gasteiger partial charge in [-0.3, -0.25) is 9.79 Å². The van der Waals surface area contributed by atoms with E-state index in [0.29, 0.717) is 0 Å². The Balaban J connectivity index is 2.07. The Kier molecular flexibility index (Phi) is 4.32. The number of hydrogen-bond donors (Lipinski definition) is 1. The Bertz CT molecular complexity index is 585. The summed E-state index contributed by atoms with van der Waals surface area (Å²) in [6.07, 6.45) is 8.83. The van der Waals surface area contributed by atoms with Gasteiger partial charge in [0.05, 0.1) is 17.2 Å². The molecule has 0 unspecified atom stereocenters. The highest BCUT2D eigenvalue weighted by Crippen LogP contribution is 2.40. The van der Waals surface area contributed by atoms with Crippen molar-refractivity contribution in [3.8, 4) is 0 Å². The number of primary amides is 1. The third-order valence-electron chi connectivity index (χ3n) is 5.21. The Labute approximate surface area is 133 Å². The van der Waals surface area contributed by atoms with Gasteiger partial charge >= 0.3 is 0 Å². The van der Waals surface area contributed by atoms with E-state index in [2.05, 4.69) is 25.1 Å². The molecule has 1 heterocycles. The van der Waals surface area contributed by atoms with Crippen LogP contribution in [0.3, 0.4) is 0 Å². The fourth-order valence-corrected chi connectivity index (χ4v) is 4.10. The molecule has 3 rings (SSSR count). The predicted octanol–water partition coefficient (Wildman–Crippen LogP) is 3.64. The minimum atomic E-state index is -0.245. The summed E-state index contributed by atoms with van der Waals surface area (Å²) < 4.78 is 0. The van der Waals surface area contributed by atoms with E-state index in [1.807, 2.05) is 6.07 Å². The van der Waals surface area contributed by atoms with Crippen molar-refractivity contribution in [2.45, 2.75) is 63.8 Å². The molecule has 0 bridgehead atoms. The standard InChI is InChI=1S/C19H26N2O/c1-2-8-16(18(20)22)17-15-10-5-4-9-14(15)13-19(21-17)11-6-3-7-12-19/h4-5,9-10,16H,2-3,6-8,11-13H2,1H3,(H2,20,22)/t16-/m1/s1. The van der Waals surface area contributed by atoms with Gasteiger partial charge < -0.3 is 5.73 Å². The first-order valence-electron chi connectivity index (χ1n) is 8.62. The predicted molar refractivity (Wildman–Crippen MR) is 90.1 cm³/mol. The Hall–Kier alpha value is -1.64. The average molecular weight is 298 g/mol. The molecule has 0 aromatic heterocycles. The fourth-order valence-electron chi connectivity index (χ4n) is 4.10. The van der Waals surface area contributed by atoms with Gasteiger partial charge in [-0.15, -0.1) is 0 Å². The molecule has 1 amide bonds. The van der Waals surface area contributed by atoms with Crippen LogP contribution in [0, 0.1) is 5.92 Å². The van der Waals surface area contributed by atoms with Gasteiger partial charge in [-0.05, 0) is 36.8 Å². The maximum atomic E-state index is 12.0. The van der Waals surface area contributed by atoms with E-state index >= 15 is 0 Å². The molecule has 118 valence electrons. The summed E-state index contributed by atoms with van der Waals surface area (Å²) in [7, 11) is 0. The number of amides is 1. The highest BCUT2D eigenvalue weighted by Gasteiger charge is 2.38. The molecule has 1 aliphatic carbocycles.